The van der Waals surface area contributed by atoms with E-state index in [4.69, 9.17) is 16.6 Å². The van der Waals surface area contributed by atoms with Crippen molar-refractivity contribution in [3.05, 3.63) is 70.3 Å². The molecule has 0 radical (unpaired) electrons. The summed E-state index contributed by atoms with van der Waals surface area (Å²) in [5.41, 5.74) is 2.73. The molecule has 0 spiro atoms. The van der Waals surface area contributed by atoms with Crippen molar-refractivity contribution in [2.45, 2.75) is 26.2 Å². The second-order valence-corrected chi connectivity index (χ2v) is 9.03. The number of nitrogens with zero attached hydrogens (tertiary/aromatic N) is 1. The van der Waals surface area contributed by atoms with Crippen LogP contribution in [-0.4, -0.2) is 11.0 Å². The fraction of sp³-hybridized carbons (Fsp3) is 0.208. The Morgan fingerprint density at radius 2 is 2.10 bits per heavy atom. The molecule has 2 aromatic heterocycles. The maximum absolute atomic E-state index is 12.3. The minimum atomic E-state index is -0.372. The molecular formula is C24H21N3O2S2. The Labute approximate surface area is 190 Å². The highest BCUT2D eigenvalue weighted by atomic mass is 32.1. The van der Waals surface area contributed by atoms with Gasteiger partial charge in [0.25, 0.3) is 0 Å². The molecule has 1 aromatic carbocycles. The van der Waals surface area contributed by atoms with Gasteiger partial charge in [0.1, 0.15) is 22.6 Å². The lowest BCUT2D eigenvalue weighted by molar-refractivity contribution is -0.115. The van der Waals surface area contributed by atoms with Crippen LogP contribution < -0.4 is 10.6 Å². The Morgan fingerprint density at radius 1 is 1.29 bits per heavy atom. The number of hydrogen-bond donors (Lipinski definition) is 2. The number of nitrogens with one attached hydrogen (secondary N) is 2. The number of thiophene rings is 1. The van der Waals surface area contributed by atoms with Gasteiger partial charge >= 0.3 is 0 Å². The van der Waals surface area contributed by atoms with Crippen molar-refractivity contribution < 1.29 is 9.21 Å². The highest BCUT2D eigenvalue weighted by molar-refractivity contribution is 7.80. The molecule has 1 unspecified atom stereocenters. The van der Waals surface area contributed by atoms with Gasteiger partial charge in [0.2, 0.25) is 5.91 Å². The van der Waals surface area contributed by atoms with E-state index in [1.807, 2.05) is 36.4 Å². The van der Waals surface area contributed by atoms with Gasteiger partial charge in [-0.05, 0) is 61.2 Å². The molecule has 1 aliphatic carbocycles. The summed E-state index contributed by atoms with van der Waals surface area (Å²) in [5.74, 6) is 1.55. The summed E-state index contributed by atoms with van der Waals surface area (Å²) in [6.45, 7) is 2.22. The number of amides is 1. The van der Waals surface area contributed by atoms with Crippen LogP contribution in [0.5, 0.6) is 0 Å². The summed E-state index contributed by atoms with van der Waals surface area (Å²) in [6.07, 6.45) is 5.94. The van der Waals surface area contributed by atoms with Crippen LogP contribution in [0.15, 0.2) is 53.0 Å². The van der Waals surface area contributed by atoms with Crippen LogP contribution in [0.2, 0.25) is 0 Å². The molecule has 7 heteroatoms. The van der Waals surface area contributed by atoms with Crippen LogP contribution in [0.4, 0.5) is 5.00 Å². The first-order valence-electron chi connectivity index (χ1n) is 10.0. The average Bonchev–Trinajstić information content (AvgIpc) is 3.36. The van der Waals surface area contributed by atoms with Gasteiger partial charge in [0.05, 0.1) is 5.56 Å². The molecule has 2 heterocycles. The number of rotatable bonds is 4. The predicted molar refractivity (Wildman–Crippen MR) is 128 cm³/mol. The average molecular weight is 448 g/mol. The van der Waals surface area contributed by atoms with Crippen molar-refractivity contribution in [3.8, 4) is 17.4 Å². The molecule has 1 aliphatic rings. The van der Waals surface area contributed by atoms with E-state index >= 15 is 0 Å². The van der Waals surface area contributed by atoms with Gasteiger partial charge in [0.15, 0.2) is 5.11 Å². The van der Waals surface area contributed by atoms with E-state index in [1.165, 1.54) is 11.0 Å². The number of thiocarbonyl (C=S) groups is 1. The highest BCUT2D eigenvalue weighted by Gasteiger charge is 2.24. The molecular weight excluding hydrogens is 426 g/mol. The van der Waals surface area contributed by atoms with Crippen molar-refractivity contribution in [1.82, 2.24) is 5.32 Å². The third-order valence-electron chi connectivity index (χ3n) is 5.17. The molecule has 0 fully saturated rings. The smallest absolute Gasteiger partial charge is 0.250 e. The number of carbonyl (C=O) groups is 1. The fourth-order valence-electron chi connectivity index (χ4n) is 3.60. The molecule has 4 rings (SSSR count). The Hall–Kier alpha value is -3.21. The Morgan fingerprint density at radius 3 is 2.87 bits per heavy atom. The number of anilines is 1. The normalized spacial score (nSPS) is 15.3. The first kappa shape index (κ1) is 21.0. The van der Waals surface area contributed by atoms with Gasteiger partial charge in [-0.1, -0.05) is 37.3 Å². The van der Waals surface area contributed by atoms with E-state index in [9.17, 15) is 10.1 Å². The van der Waals surface area contributed by atoms with Crippen LogP contribution in [0.1, 0.15) is 35.1 Å². The topological polar surface area (TPSA) is 78.1 Å². The number of benzene rings is 1. The number of furan rings is 1. The summed E-state index contributed by atoms with van der Waals surface area (Å²) in [7, 11) is 0. The number of carbonyl (C=O) groups excluding carboxylic acids is 1. The lowest BCUT2D eigenvalue weighted by Crippen LogP contribution is -2.32. The van der Waals surface area contributed by atoms with E-state index in [0.717, 1.165) is 36.1 Å². The maximum Gasteiger partial charge on any atom is 0.250 e. The minimum Gasteiger partial charge on any atom is -0.457 e. The summed E-state index contributed by atoms with van der Waals surface area (Å²) in [5, 5.41) is 16.1. The maximum atomic E-state index is 12.3. The zero-order chi connectivity index (χ0) is 21.8. The van der Waals surface area contributed by atoms with Crippen molar-refractivity contribution in [1.29, 1.82) is 5.26 Å². The van der Waals surface area contributed by atoms with Crippen molar-refractivity contribution in [3.63, 3.8) is 0 Å². The third-order valence-corrected chi connectivity index (χ3v) is 6.55. The van der Waals surface area contributed by atoms with Crippen LogP contribution in [0, 0.1) is 17.2 Å². The number of fused-ring (bicyclic) bond motifs is 1. The molecule has 31 heavy (non-hydrogen) atoms. The minimum absolute atomic E-state index is 0.169. The van der Waals surface area contributed by atoms with Crippen molar-refractivity contribution in [2.24, 2.45) is 5.92 Å². The number of nitriles is 1. The lowest BCUT2D eigenvalue weighted by atomic mass is 9.89. The molecule has 1 atom stereocenters. The van der Waals surface area contributed by atoms with Gasteiger partial charge in [-0.3, -0.25) is 10.1 Å². The molecule has 0 saturated carbocycles. The van der Waals surface area contributed by atoms with Gasteiger partial charge < -0.3 is 9.73 Å². The van der Waals surface area contributed by atoms with E-state index < -0.39 is 0 Å². The molecule has 5 nitrogen and oxygen atoms in total. The Kier molecular flexibility index (Phi) is 6.31. The number of hydrogen-bond acceptors (Lipinski definition) is 5. The van der Waals surface area contributed by atoms with Crippen LogP contribution in [0.3, 0.4) is 0 Å². The Balaban J connectivity index is 1.37. The molecule has 0 aliphatic heterocycles. The van der Waals surface area contributed by atoms with Crippen LogP contribution in [0.25, 0.3) is 17.4 Å². The molecule has 0 saturated heterocycles. The van der Waals surface area contributed by atoms with E-state index in [2.05, 4.69) is 23.6 Å². The molecule has 156 valence electrons. The van der Waals surface area contributed by atoms with E-state index in [-0.39, 0.29) is 11.0 Å². The standard InChI is InChI=1S/C24H21N3O2S2/c1-15-7-10-18-19(14-25)23(31-21(18)13-15)27-24(30)26-22(28)12-9-17-8-11-20(29-17)16-5-3-2-4-6-16/h2-6,8-9,11-12,15H,7,10,13H2,1H3,(H2,26,27,28,30)/b12-9+. The van der Waals surface area contributed by atoms with Crippen molar-refractivity contribution in [2.75, 3.05) is 5.32 Å². The zero-order valence-electron chi connectivity index (χ0n) is 17.0. The molecule has 2 N–H and O–H groups in total. The van der Waals surface area contributed by atoms with Crippen LogP contribution >= 0.6 is 23.6 Å². The van der Waals surface area contributed by atoms with Gasteiger partial charge in [-0.2, -0.15) is 5.26 Å². The second-order valence-electron chi connectivity index (χ2n) is 7.51. The summed E-state index contributed by atoms with van der Waals surface area (Å²) >= 11 is 6.83. The summed E-state index contributed by atoms with van der Waals surface area (Å²) in [6, 6.07) is 15.7. The summed E-state index contributed by atoms with van der Waals surface area (Å²) in [4.78, 5) is 13.5. The predicted octanol–water partition coefficient (Wildman–Crippen LogP) is 5.53. The fourth-order valence-corrected chi connectivity index (χ4v) is 5.24. The first-order chi connectivity index (χ1) is 15.0. The zero-order valence-corrected chi connectivity index (χ0v) is 18.6. The quantitative estimate of drug-likeness (QED) is 0.406. The van der Waals surface area contributed by atoms with Gasteiger partial charge in [0, 0.05) is 16.5 Å². The lowest BCUT2D eigenvalue weighted by Gasteiger charge is -2.17. The first-order valence-corrected chi connectivity index (χ1v) is 11.3. The largest absolute Gasteiger partial charge is 0.457 e. The van der Waals surface area contributed by atoms with Crippen molar-refractivity contribution >= 4 is 45.7 Å². The van der Waals surface area contributed by atoms with Crippen LogP contribution in [-0.2, 0) is 17.6 Å². The second kappa shape index (κ2) is 9.29. The highest BCUT2D eigenvalue weighted by Crippen LogP contribution is 2.39. The molecule has 1 amide bonds. The van der Waals surface area contributed by atoms with E-state index in [1.54, 1.807) is 23.5 Å². The molecule has 3 aromatic rings. The van der Waals surface area contributed by atoms with E-state index in [0.29, 0.717) is 22.2 Å². The molecule has 0 bridgehead atoms. The Bertz CT molecular complexity index is 1190. The monoisotopic (exact) mass is 447 g/mol. The van der Waals surface area contributed by atoms with Gasteiger partial charge in [-0.25, -0.2) is 0 Å². The third kappa shape index (κ3) is 4.93. The van der Waals surface area contributed by atoms with Gasteiger partial charge in [-0.15, -0.1) is 11.3 Å². The SMILES string of the molecule is CC1CCc2c(sc(NC(=S)NC(=O)/C=C/c3ccc(-c4ccccc4)o3)c2C#N)C1. The summed E-state index contributed by atoms with van der Waals surface area (Å²) < 4.78 is 5.76.